The first-order valence-electron chi connectivity index (χ1n) is 6.21. The summed E-state index contributed by atoms with van der Waals surface area (Å²) in [7, 11) is 0. The zero-order valence-corrected chi connectivity index (χ0v) is 13.4. The van der Waals surface area contributed by atoms with Crippen LogP contribution < -0.4 is 10.7 Å². The molecule has 0 aromatic heterocycles. The lowest BCUT2D eigenvalue weighted by atomic mass is 10.2. The van der Waals surface area contributed by atoms with Gasteiger partial charge < -0.3 is 5.32 Å². The SMILES string of the molecule is Fc1ccc(Br)cc1/C=N\NC(=S)NCc1ccccc1. The third kappa shape index (κ3) is 5.24. The molecule has 2 aromatic rings. The van der Waals surface area contributed by atoms with Crippen molar-refractivity contribution < 1.29 is 4.39 Å². The maximum atomic E-state index is 13.5. The zero-order valence-electron chi connectivity index (χ0n) is 11.0. The van der Waals surface area contributed by atoms with Crippen molar-refractivity contribution in [2.24, 2.45) is 5.10 Å². The molecule has 0 unspecified atom stereocenters. The van der Waals surface area contributed by atoms with Gasteiger partial charge in [-0.3, -0.25) is 5.43 Å². The summed E-state index contributed by atoms with van der Waals surface area (Å²) in [5.74, 6) is -0.341. The summed E-state index contributed by atoms with van der Waals surface area (Å²) < 4.78 is 14.3. The second-order valence-corrected chi connectivity index (χ2v) is 5.53. The van der Waals surface area contributed by atoms with Gasteiger partial charge in [-0.2, -0.15) is 5.10 Å². The second kappa shape index (κ2) is 7.85. The quantitative estimate of drug-likeness (QED) is 0.493. The largest absolute Gasteiger partial charge is 0.357 e. The molecule has 3 nitrogen and oxygen atoms in total. The summed E-state index contributed by atoms with van der Waals surface area (Å²) >= 11 is 8.37. The van der Waals surface area contributed by atoms with E-state index < -0.39 is 0 Å². The molecule has 21 heavy (non-hydrogen) atoms. The molecular formula is C15H13BrFN3S. The first-order chi connectivity index (χ1) is 10.1. The van der Waals surface area contributed by atoms with Gasteiger partial charge in [0.25, 0.3) is 0 Å². The third-order valence-corrected chi connectivity index (χ3v) is 3.35. The molecule has 0 heterocycles. The Kier molecular flexibility index (Phi) is 5.83. The predicted octanol–water partition coefficient (Wildman–Crippen LogP) is 3.59. The van der Waals surface area contributed by atoms with E-state index in [1.54, 1.807) is 12.1 Å². The van der Waals surface area contributed by atoms with Gasteiger partial charge in [-0.15, -0.1) is 0 Å². The maximum Gasteiger partial charge on any atom is 0.187 e. The Morgan fingerprint density at radius 1 is 1.24 bits per heavy atom. The number of hydrogen-bond donors (Lipinski definition) is 2. The smallest absolute Gasteiger partial charge is 0.187 e. The standard InChI is InChI=1S/C15H13BrFN3S/c16-13-6-7-14(17)12(8-13)10-19-20-15(21)18-9-11-4-2-1-3-5-11/h1-8,10H,9H2,(H2,18,20,21)/b19-10-. The van der Waals surface area contributed by atoms with E-state index in [1.807, 2.05) is 30.3 Å². The topological polar surface area (TPSA) is 36.4 Å². The monoisotopic (exact) mass is 365 g/mol. The van der Waals surface area contributed by atoms with E-state index in [4.69, 9.17) is 12.2 Å². The molecule has 0 bridgehead atoms. The molecule has 0 atom stereocenters. The van der Waals surface area contributed by atoms with Gasteiger partial charge in [0.2, 0.25) is 0 Å². The molecule has 0 spiro atoms. The highest BCUT2D eigenvalue weighted by Crippen LogP contribution is 2.13. The van der Waals surface area contributed by atoms with E-state index in [9.17, 15) is 4.39 Å². The first-order valence-corrected chi connectivity index (χ1v) is 7.41. The van der Waals surface area contributed by atoms with Crippen molar-refractivity contribution in [1.29, 1.82) is 0 Å². The molecule has 2 aromatic carbocycles. The van der Waals surface area contributed by atoms with E-state index in [2.05, 4.69) is 31.8 Å². The number of hydrogen-bond acceptors (Lipinski definition) is 2. The van der Waals surface area contributed by atoms with E-state index in [1.165, 1.54) is 12.3 Å². The number of rotatable bonds is 4. The zero-order chi connectivity index (χ0) is 15.1. The van der Waals surface area contributed by atoms with Crippen molar-refractivity contribution in [1.82, 2.24) is 10.7 Å². The van der Waals surface area contributed by atoms with Gasteiger partial charge in [-0.25, -0.2) is 4.39 Å². The Balaban J connectivity index is 1.83. The fourth-order valence-corrected chi connectivity index (χ4v) is 2.10. The summed E-state index contributed by atoms with van der Waals surface area (Å²) in [5.41, 5.74) is 4.15. The number of nitrogens with zero attached hydrogens (tertiary/aromatic N) is 1. The van der Waals surface area contributed by atoms with Crippen LogP contribution in [0, 0.1) is 5.82 Å². The second-order valence-electron chi connectivity index (χ2n) is 4.20. The summed E-state index contributed by atoms with van der Waals surface area (Å²) in [6, 6.07) is 14.5. The summed E-state index contributed by atoms with van der Waals surface area (Å²) in [6.45, 7) is 0.605. The van der Waals surface area contributed by atoms with E-state index in [0.29, 0.717) is 17.2 Å². The first kappa shape index (κ1) is 15.6. The van der Waals surface area contributed by atoms with E-state index in [0.717, 1.165) is 10.0 Å². The Bertz CT molecular complexity index is 647. The lowest BCUT2D eigenvalue weighted by molar-refractivity contribution is 0.625. The lowest BCUT2D eigenvalue weighted by Crippen LogP contribution is -2.31. The van der Waals surface area contributed by atoms with Crippen molar-refractivity contribution in [3.8, 4) is 0 Å². The molecule has 0 aliphatic heterocycles. The Hall–Kier alpha value is -1.79. The average Bonchev–Trinajstić information content (AvgIpc) is 2.50. The number of hydrazone groups is 1. The fraction of sp³-hybridized carbons (Fsp3) is 0.0667. The maximum absolute atomic E-state index is 13.5. The molecule has 6 heteroatoms. The Morgan fingerprint density at radius 3 is 2.76 bits per heavy atom. The third-order valence-electron chi connectivity index (χ3n) is 2.62. The van der Waals surface area contributed by atoms with Crippen LogP contribution in [0.25, 0.3) is 0 Å². The van der Waals surface area contributed by atoms with E-state index >= 15 is 0 Å². The van der Waals surface area contributed by atoms with Crippen LogP contribution in [0.15, 0.2) is 58.1 Å². The molecule has 0 aliphatic rings. The van der Waals surface area contributed by atoms with Crippen LogP contribution in [0.4, 0.5) is 4.39 Å². The van der Waals surface area contributed by atoms with Gasteiger partial charge in [-0.05, 0) is 36.0 Å². The van der Waals surface area contributed by atoms with Crippen molar-refractivity contribution in [3.05, 3.63) is 69.9 Å². The molecular weight excluding hydrogens is 353 g/mol. The molecule has 0 aliphatic carbocycles. The van der Waals surface area contributed by atoms with Crippen LogP contribution in [-0.2, 0) is 6.54 Å². The van der Waals surface area contributed by atoms with Crippen LogP contribution in [0.3, 0.4) is 0 Å². The molecule has 0 radical (unpaired) electrons. The normalized spacial score (nSPS) is 10.6. The van der Waals surface area contributed by atoms with E-state index in [-0.39, 0.29) is 5.82 Å². The minimum atomic E-state index is -0.341. The number of halogens is 2. The predicted molar refractivity (Wildman–Crippen MR) is 90.7 cm³/mol. The summed E-state index contributed by atoms with van der Waals surface area (Å²) in [6.07, 6.45) is 1.39. The molecule has 0 fully saturated rings. The van der Waals surface area contributed by atoms with Gasteiger partial charge in [0.15, 0.2) is 5.11 Å². The van der Waals surface area contributed by atoms with Crippen molar-refractivity contribution >= 4 is 39.5 Å². The van der Waals surface area contributed by atoms with Crippen LogP contribution >= 0.6 is 28.1 Å². The van der Waals surface area contributed by atoms with Gasteiger partial charge in [0.05, 0.1) is 6.21 Å². The van der Waals surface area contributed by atoms with Crippen molar-refractivity contribution in [2.75, 3.05) is 0 Å². The highest BCUT2D eigenvalue weighted by Gasteiger charge is 2.00. The Labute approximate surface area is 136 Å². The highest BCUT2D eigenvalue weighted by molar-refractivity contribution is 9.10. The van der Waals surface area contributed by atoms with Crippen molar-refractivity contribution in [2.45, 2.75) is 6.54 Å². The van der Waals surface area contributed by atoms with Crippen molar-refractivity contribution in [3.63, 3.8) is 0 Å². The summed E-state index contributed by atoms with van der Waals surface area (Å²) in [4.78, 5) is 0. The van der Waals surface area contributed by atoms with Crippen LogP contribution in [0.1, 0.15) is 11.1 Å². The lowest BCUT2D eigenvalue weighted by Gasteiger charge is -2.06. The molecule has 2 rings (SSSR count). The number of benzene rings is 2. The molecule has 2 N–H and O–H groups in total. The van der Waals surface area contributed by atoms with Gasteiger partial charge >= 0.3 is 0 Å². The fourth-order valence-electron chi connectivity index (χ4n) is 1.59. The number of nitrogens with one attached hydrogen (secondary N) is 2. The van der Waals surface area contributed by atoms with Crippen LogP contribution in [-0.4, -0.2) is 11.3 Å². The molecule has 0 amide bonds. The number of thiocarbonyl (C=S) groups is 1. The Morgan fingerprint density at radius 2 is 2.00 bits per heavy atom. The van der Waals surface area contributed by atoms with Crippen LogP contribution in [0.5, 0.6) is 0 Å². The molecule has 0 saturated carbocycles. The summed E-state index contributed by atoms with van der Waals surface area (Å²) in [5, 5.41) is 7.31. The highest BCUT2D eigenvalue weighted by atomic mass is 79.9. The molecule has 108 valence electrons. The van der Waals surface area contributed by atoms with Gasteiger partial charge in [0.1, 0.15) is 5.82 Å². The average molecular weight is 366 g/mol. The van der Waals surface area contributed by atoms with Crippen LogP contribution in [0.2, 0.25) is 0 Å². The minimum absolute atomic E-state index is 0.341. The molecule has 0 saturated heterocycles. The van der Waals surface area contributed by atoms with Gasteiger partial charge in [-0.1, -0.05) is 46.3 Å². The minimum Gasteiger partial charge on any atom is -0.357 e. The van der Waals surface area contributed by atoms with Gasteiger partial charge in [0, 0.05) is 16.6 Å².